The van der Waals surface area contributed by atoms with Crippen molar-refractivity contribution in [2.45, 2.75) is 46.7 Å². The van der Waals surface area contributed by atoms with E-state index in [4.69, 9.17) is 0 Å². The minimum atomic E-state index is -0.0751. The van der Waals surface area contributed by atoms with Crippen LogP contribution in [0.5, 0.6) is 0 Å². The van der Waals surface area contributed by atoms with E-state index in [0.29, 0.717) is 10.8 Å². The molecule has 1 fully saturated rings. The Morgan fingerprint density at radius 3 is 2.64 bits per heavy atom. The van der Waals surface area contributed by atoms with Gasteiger partial charge in [0.25, 0.3) is 5.91 Å². The van der Waals surface area contributed by atoms with Gasteiger partial charge in [-0.3, -0.25) is 9.89 Å². The van der Waals surface area contributed by atoms with Gasteiger partial charge in [0.05, 0.1) is 5.69 Å². The van der Waals surface area contributed by atoms with Crippen molar-refractivity contribution in [2.75, 3.05) is 5.32 Å². The lowest BCUT2D eigenvalue weighted by Gasteiger charge is -2.14. The molecule has 1 amide bonds. The van der Waals surface area contributed by atoms with E-state index >= 15 is 0 Å². The number of amides is 1. The molecule has 3 aromatic rings. The van der Waals surface area contributed by atoms with Crippen LogP contribution in [0.25, 0.3) is 0 Å². The molecule has 0 unspecified atom stereocenters. The molecule has 2 N–H and O–H groups in total. The average molecular weight is 411 g/mol. The summed E-state index contributed by atoms with van der Waals surface area (Å²) in [7, 11) is 0. The normalized spacial score (nSPS) is 14.3. The third kappa shape index (κ3) is 4.97. The third-order valence-corrected chi connectivity index (χ3v) is 7.08. The molecule has 0 spiro atoms. The van der Waals surface area contributed by atoms with E-state index in [1.54, 1.807) is 11.8 Å². The maximum atomic E-state index is 12.7. The van der Waals surface area contributed by atoms with E-state index in [-0.39, 0.29) is 5.91 Å². The standard InChI is InChI=1S/C21H22N4OS2/c26-20(16-11-9-15(10-12-16)13-27-21-22-14-23-25-21)24-18-7-3-4-8-19(18)28-17-5-1-2-6-17/h3-4,7-12,14,17H,1-2,5-6,13H2,(H,24,26)(H,22,23,25). The summed E-state index contributed by atoms with van der Waals surface area (Å²) in [5, 5.41) is 11.2. The maximum absolute atomic E-state index is 12.7. The zero-order valence-corrected chi connectivity index (χ0v) is 17.1. The topological polar surface area (TPSA) is 70.7 Å². The van der Waals surface area contributed by atoms with E-state index in [9.17, 15) is 4.79 Å². The van der Waals surface area contributed by atoms with Crippen LogP contribution in [0, 0.1) is 0 Å². The second-order valence-electron chi connectivity index (χ2n) is 6.75. The molecule has 1 aromatic heterocycles. The summed E-state index contributed by atoms with van der Waals surface area (Å²) < 4.78 is 0. The number of nitrogens with one attached hydrogen (secondary N) is 2. The first-order valence-corrected chi connectivity index (χ1v) is 11.3. The summed E-state index contributed by atoms with van der Waals surface area (Å²) in [5.74, 6) is 0.701. The van der Waals surface area contributed by atoms with Gasteiger partial charge in [-0.2, -0.15) is 5.10 Å². The first kappa shape index (κ1) is 19.1. The zero-order chi connectivity index (χ0) is 19.2. The van der Waals surface area contributed by atoms with Crippen LogP contribution in [-0.2, 0) is 5.75 Å². The van der Waals surface area contributed by atoms with Crippen molar-refractivity contribution in [3.8, 4) is 0 Å². The van der Waals surface area contributed by atoms with Crippen LogP contribution in [0.4, 0.5) is 5.69 Å². The van der Waals surface area contributed by atoms with Crippen LogP contribution < -0.4 is 5.32 Å². The van der Waals surface area contributed by atoms with Gasteiger partial charge in [0.15, 0.2) is 5.16 Å². The molecule has 1 aliphatic rings. The summed E-state index contributed by atoms with van der Waals surface area (Å²) >= 11 is 3.47. The zero-order valence-electron chi connectivity index (χ0n) is 15.4. The summed E-state index contributed by atoms with van der Waals surface area (Å²) in [4.78, 5) is 18.0. The van der Waals surface area contributed by atoms with Crippen molar-refractivity contribution in [1.82, 2.24) is 15.2 Å². The fourth-order valence-corrected chi connectivity index (χ4v) is 5.29. The van der Waals surface area contributed by atoms with Crippen LogP contribution in [0.15, 0.2) is 64.9 Å². The van der Waals surface area contributed by atoms with Crippen molar-refractivity contribution >= 4 is 35.1 Å². The number of hydrogen-bond acceptors (Lipinski definition) is 5. The number of H-pyrrole nitrogens is 1. The monoisotopic (exact) mass is 410 g/mol. The van der Waals surface area contributed by atoms with Gasteiger partial charge in [0, 0.05) is 21.5 Å². The SMILES string of the molecule is O=C(Nc1ccccc1SC1CCCC1)c1ccc(CSc2ncn[nH]2)cc1. The predicted molar refractivity (Wildman–Crippen MR) is 115 cm³/mol. The third-order valence-electron chi connectivity index (χ3n) is 4.72. The summed E-state index contributed by atoms with van der Waals surface area (Å²) in [6, 6.07) is 15.8. The Kier molecular flexibility index (Phi) is 6.34. The van der Waals surface area contributed by atoms with Crippen molar-refractivity contribution in [3.63, 3.8) is 0 Å². The summed E-state index contributed by atoms with van der Waals surface area (Å²) in [6.45, 7) is 0. The van der Waals surface area contributed by atoms with E-state index < -0.39 is 0 Å². The smallest absolute Gasteiger partial charge is 0.255 e. The lowest BCUT2D eigenvalue weighted by atomic mass is 10.1. The number of thioether (sulfide) groups is 2. The van der Waals surface area contributed by atoms with Crippen molar-refractivity contribution in [3.05, 3.63) is 66.0 Å². The predicted octanol–water partition coefficient (Wildman–Crippen LogP) is 5.38. The highest BCUT2D eigenvalue weighted by molar-refractivity contribution is 8.00. The molecule has 7 heteroatoms. The van der Waals surface area contributed by atoms with Gasteiger partial charge in [-0.25, -0.2) is 4.98 Å². The van der Waals surface area contributed by atoms with Crippen LogP contribution in [0.1, 0.15) is 41.6 Å². The molecule has 4 rings (SSSR count). The minimum Gasteiger partial charge on any atom is -0.321 e. The molecular formula is C21H22N4OS2. The largest absolute Gasteiger partial charge is 0.321 e. The van der Waals surface area contributed by atoms with E-state index in [2.05, 4.69) is 26.6 Å². The molecule has 5 nitrogen and oxygen atoms in total. The van der Waals surface area contributed by atoms with Crippen molar-refractivity contribution in [1.29, 1.82) is 0 Å². The Labute approximate surface area is 173 Å². The highest BCUT2D eigenvalue weighted by Gasteiger charge is 2.18. The van der Waals surface area contributed by atoms with Gasteiger partial charge in [-0.05, 0) is 42.7 Å². The molecule has 144 valence electrons. The number of aromatic amines is 1. The van der Waals surface area contributed by atoms with Gasteiger partial charge < -0.3 is 5.32 Å². The lowest BCUT2D eigenvalue weighted by Crippen LogP contribution is -2.12. The quantitative estimate of drug-likeness (QED) is 0.512. The second-order valence-corrected chi connectivity index (χ2v) is 9.06. The van der Waals surface area contributed by atoms with Gasteiger partial charge in [-0.1, -0.05) is 48.9 Å². The Hall–Kier alpha value is -2.25. The highest BCUT2D eigenvalue weighted by atomic mass is 32.2. The minimum absolute atomic E-state index is 0.0751. The number of hydrogen-bond donors (Lipinski definition) is 2. The van der Waals surface area contributed by atoms with E-state index in [0.717, 1.165) is 27.1 Å². The Balaban J connectivity index is 1.38. The molecule has 0 bridgehead atoms. The number of carbonyl (C=O) groups excluding carboxylic acids is 1. The second kappa shape index (κ2) is 9.30. The number of nitrogens with zero attached hydrogens (tertiary/aromatic N) is 2. The number of carbonyl (C=O) groups is 1. The molecule has 1 heterocycles. The number of anilines is 1. The van der Waals surface area contributed by atoms with E-state index in [1.807, 2.05) is 54.2 Å². The average Bonchev–Trinajstić information content (AvgIpc) is 3.42. The number of aromatic nitrogens is 3. The van der Waals surface area contributed by atoms with Crippen molar-refractivity contribution < 1.29 is 4.79 Å². The first-order valence-electron chi connectivity index (χ1n) is 9.42. The van der Waals surface area contributed by atoms with Crippen LogP contribution >= 0.6 is 23.5 Å². The molecule has 0 aliphatic heterocycles. The number of rotatable bonds is 7. The fourth-order valence-electron chi connectivity index (χ4n) is 3.22. The summed E-state index contributed by atoms with van der Waals surface area (Å²) in [5.41, 5.74) is 2.69. The van der Waals surface area contributed by atoms with Gasteiger partial charge in [0.1, 0.15) is 6.33 Å². The molecular weight excluding hydrogens is 388 g/mol. The van der Waals surface area contributed by atoms with Gasteiger partial charge in [-0.15, -0.1) is 11.8 Å². The van der Waals surface area contributed by atoms with Gasteiger partial charge in [0.2, 0.25) is 0 Å². The van der Waals surface area contributed by atoms with Crippen LogP contribution in [0.3, 0.4) is 0 Å². The van der Waals surface area contributed by atoms with Crippen LogP contribution in [-0.4, -0.2) is 26.3 Å². The fraction of sp³-hybridized carbons (Fsp3) is 0.286. The highest BCUT2D eigenvalue weighted by Crippen LogP contribution is 2.38. The molecule has 0 radical (unpaired) electrons. The van der Waals surface area contributed by atoms with Crippen LogP contribution in [0.2, 0.25) is 0 Å². The number of para-hydroxylation sites is 1. The molecule has 1 saturated carbocycles. The molecule has 0 atom stereocenters. The van der Waals surface area contributed by atoms with E-state index in [1.165, 1.54) is 32.0 Å². The molecule has 28 heavy (non-hydrogen) atoms. The lowest BCUT2D eigenvalue weighted by molar-refractivity contribution is 0.102. The Morgan fingerprint density at radius 1 is 1.11 bits per heavy atom. The molecule has 2 aromatic carbocycles. The molecule has 1 aliphatic carbocycles. The first-order chi connectivity index (χ1) is 13.8. The summed E-state index contributed by atoms with van der Waals surface area (Å²) in [6.07, 6.45) is 6.65. The van der Waals surface area contributed by atoms with Crippen molar-refractivity contribution in [2.24, 2.45) is 0 Å². The Bertz CT molecular complexity index is 906. The Morgan fingerprint density at radius 2 is 1.89 bits per heavy atom. The number of benzene rings is 2. The van der Waals surface area contributed by atoms with Gasteiger partial charge >= 0.3 is 0 Å². The molecule has 0 saturated heterocycles. The maximum Gasteiger partial charge on any atom is 0.255 e.